The Balaban J connectivity index is 1.90. The van der Waals surface area contributed by atoms with Crippen LogP contribution >= 0.6 is 0 Å². The summed E-state index contributed by atoms with van der Waals surface area (Å²) >= 11 is 0. The lowest BCUT2D eigenvalue weighted by molar-refractivity contribution is 0.207. The molecule has 0 saturated heterocycles. The highest BCUT2D eigenvalue weighted by atomic mass is 16.3. The van der Waals surface area contributed by atoms with Crippen LogP contribution in [-0.2, 0) is 6.54 Å². The van der Waals surface area contributed by atoms with Crippen molar-refractivity contribution < 1.29 is 15.3 Å². The lowest BCUT2D eigenvalue weighted by Crippen LogP contribution is -2.33. The molecule has 0 aliphatic heterocycles. The van der Waals surface area contributed by atoms with Crippen molar-refractivity contribution in [3.63, 3.8) is 0 Å². The van der Waals surface area contributed by atoms with E-state index >= 15 is 0 Å². The maximum absolute atomic E-state index is 9.73. The fourth-order valence-corrected chi connectivity index (χ4v) is 2.83. The van der Waals surface area contributed by atoms with E-state index in [1.54, 1.807) is 6.07 Å². The van der Waals surface area contributed by atoms with Crippen molar-refractivity contribution in [3.8, 4) is 17.2 Å². The molecule has 4 nitrogen and oxygen atoms in total. The zero-order valence-electron chi connectivity index (χ0n) is 11.4. The molecule has 0 spiro atoms. The summed E-state index contributed by atoms with van der Waals surface area (Å²) in [5.74, 6) is -0.968. The SMILES string of the molecule is CC1(CNCc2ccc(O)c(O)c2O)CCCCC1. The number of hydrogen-bond acceptors (Lipinski definition) is 4. The largest absolute Gasteiger partial charge is 0.504 e. The van der Waals surface area contributed by atoms with E-state index in [0.717, 1.165) is 6.54 Å². The second-order valence-electron chi connectivity index (χ2n) is 5.92. The average molecular weight is 265 g/mol. The van der Waals surface area contributed by atoms with Crippen molar-refractivity contribution in [2.24, 2.45) is 5.41 Å². The van der Waals surface area contributed by atoms with Crippen LogP contribution in [0.25, 0.3) is 0 Å². The molecule has 0 aromatic heterocycles. The van der Waals surface area contributed by atoms with Crippen molar-refractivity contribution >= 4 is 0 Å². The van der Waals surface area contributed by atoms with Gasteiger partial charge < -0.3 is 20.6 Å². The van der Waals surface area contributed by atoms with Crippen molar-refractivity contribution in [1.82, 2.24) is 5.32 Å². The second-order valence-corrected chi connectivity index (χ2v) is 5.92. The van der Waals surface area contributed by atoms with Crippen LogP contribution in [0.1, 0.15) is 44.6 Å². The van der Waals surface area contributed by atoms with E-state index in [2.05, 4.69) is 12.2 Å². The molecule has 19 heavy (non-hydrogen) atoms. The molecule has 106 valence electrons. The van der Waals surface area contributed by atoms with Gasteiger partial charge in [0.05, 0.1) is 0 Å². The first-order chi connectivity index (χ1) is 9.02. The van der Waals surface area contributed by atoms with E-state index in [4.69, 9.17) is 0 Å². The van der Waals surface area contributed by atoms with Crippen LogP contribution in [-0.4, -0.2) is 21.9 Å². The first-order valence-electron chi connectivity index (χ1n) is 6.95. The first-order valence-corrected chi connectivity index (χ1v) is 6.95. The zero-order chi connectivity index (χ0) is 13.9. The number of hydrogen-bond donors (Lipinski definition) is 4. The zero-order valence-corrected chi connectivity index (χ0v) is 11.4. The number of nitrogens with one attached hydrogen (secondary N) is 1. The Labute approximate surface area is 114 Å². The molecule has 0 radical (unpaired) electrons. The summed E-state index contributed by atoms with van der Waals surface area (Å²) in [6.45, 7) is 3.71. The fourth-order valence-electron chi connectivity index (χ4n) is 2.83. The molecule has 0 heterocycles. The van der Waals surface area contributed by atoms with Gasteiger partial charge in [-0.15, -0.1) is 0 Å². The molecule has 0 unspecified atom stereocenters. The topological polar surface area (TPSA) is 72.7 Å². The van der Waals surface area contributed by atoms with Crippen LogP contribution in [0.2, 0.25) is 0 Å². The molecular formula is C15H23NO3. The Morgan fingerprint density at radius 2 is 1.74 bits per heavy atom. The molecule has 1 aliphatic carbocycles. The molecule has 1 aromatic rings. The summed E-state index contributed by atoms with van der Waals surface area (Å²) in [4.78, 5) is 0. The van der Waals surface area contributed by atoms with Crippen LogP contribution in [0.4, 0.5) is 0 Å². The molecule has 1 aliphatic rings. The molecular weight excluding hydrogens is 242 g/mol. The lowest BCUT2D eigenvalue weighted by Gasteiger charge is -2.33. The Morgan fingerprint density at radius 1 is 1.05 bits per heavy atom. The highest BCUT2D eigenvalue weighted by Crippen LogP contribution is 2.37. The molecule has 0 atom stereocenters. The summed E-state index contributed by atoms with van der Waals surface area (Å²) in [7, 11) is 0. The van der Waals surface area contributed by atoms with Crippen molar-refractivity contribution in [3.05, 3.63) is 17.7 Å². The third kappa shape index (κ3) is 3.32. The van der Waals surface area contributed by atoms with Gasteiger partial charge in [-0.2, -0.15) is 0 Å². The van der Waals surface area contributed by atoms with Crippen molar-refractivity contribution in [1.29, 1.82) is 0 Å². The third-order valence-electron chi connectivity index (χ3n) is 4.14. The Bertz CT molecular complexity index is 439. The quantitative estimate of drug-likeness (QED) is 0.632. The van der Waals surface area contributed by atoms with Crippen LogP contribution in [0.15, 0.2) is 12.1 Å². The second kappa shape index (κ2) is 5.70. The maximum Gasteiger partial charge on any atom is 0.200 e. The van der Waals surface area contributed by atoms with E-state index in [9.17, 15) is 15.3 Å². The summed E-state index contributed by atoms with van der Waals surface area (Å²) < 4.78 is 0. The van der Waals surface area contributed by atoms with Gasteiger partial charge in [-0.05, 0) is 24.3 Å². The monoisotopic (exact) mass is 265 g/mol. The van der Waals surface area contributed by atoms with Gasteiger partial charge in [-0.25, -0.2) is 0 Å². The fraction of sp³-hybridized carbons (Fsp3) is 0.600. The van der Waals surface area contributed by atoms with Gasteiger partial charge in [-0.1, -0.05) is 32.3 Å². The summed E-state index contributed by atoms with van der Waals surface area (Å²) in [6, 6.07) is 3.02. The van der Waals surface area contributed by atoms with Gasteiger partial charge in [0.2, 0.25) is 5.75 Å². The van der Waals surface area contributed by atoms with Gasteiger partial charge in [0, 0.05) is 18.7 Å². The Hall–Kier alpha value is -1.42. The lowest BCUT2D eigenvalue weighted by atomic mass is 9.76. The van der Waals surface area contributed by atoms with Gasteiger partial charge >= 0.3 is 0 Å². The predicted molar refractivity (Wildman–Crippen MR) is 74.3 cm³/mol. The summed E-state index contributed by atoms with van der Waals surface area (Å²) in [6.07, 6.45) is 6.41. The highest BCUT2D eigenvalue weighted by molar-refractivity contribution is 5.52. The summed E-state index contributed by atoms with van der Waals surface area (Å²) in [5, 5.41) is 31.8. The number of phenols is 3. The minimum absolute atomic E-state index is 0.235. The highest BCUT2D eigenvalue weighted by Gasteiger charge is 2.26. The van der Waals surface area contributed by atoms with Crippen molar-refractivity contribution in [2.45, 2.75) is 45.6 Å². The predicted octanol–water partition coefficient (Wildman–Crippen LogP) is 2.86. The Kier molecular flexibility index (Phi) is 4.20. The van der Waals surface area contributed by atoms with Gasteiger partial charge in [0.1, 0.15) is 0 Å². The molecule has 2 rings (SSSR count). The van der Waals surface area contributed by atoms with Crippen LogP contribution in [0.3, 0.4) is 0 Å². The molecule has 4 heteroatoms. The smallest absolute Gasteiger partial charge is 0.200 e. The van der Waals surface area contributed by atoms with Crippen LogP contribution in [0.5, 0.6) is 17.2 Å². The number of benzene rings is 1. The van der Waals surface area contributed by atoms with Crippen LogP contribution in [0, 0.1) is 5.41 Å². The number of aromatic hydroxyl groups is 3. The third-order valence-corrected chi connectivity index (χ3v) is 4.14. The van der Waals surface area contributed by atoms with E-state index in [0.29, 0.717) is 17.5 Å². The molecule has 0 amide bonds. The standard InChI is InChI=1S/C15H23NO3/c1-15(7-3-2-4-8-15)10-16-9-11-5-6-12(17)14(19)13(11)18/h5-6,16-19H,2-4,7-10H2,1H3. The number of phenolic OH excluding ortho intramolecular Hbond substituents is 3. The minimum Gasteiger partial charge on any atom is -0.504 e. The van der Waals surface area contributed by atoms with Gasteiger partial charge in [0.25, 0.3) is 0 Å². The molecule has 4 N–H and O–H groups in total. The number of rotatable bonds is 4. The van der Waals surface area contributed by atoms with E-state index in [-0.39, 0.29) is 11.5 Å². The van der Waals surface area contributed by atoms with E-state index in [1.165, 1.54) is 38.2 Å². The maximum atomic E-state index is 9.73. The van der Waals surface area contributed by atoms with Gasteiger partial charge in [0.15, 0.2) is 11.5 Å². The molecule has 0 bridgehead atoms. The van der Waals surface area contributed by atoms with Gasteiger partial charge in [-0.3, -0.25) is 0 Å². The average Bonchev–Trinajstić information content (AvgIpc) is 2.40. The summed E-state index contributed by atoms with van der Waals surface area (Å²) in [5.41, 5.74) is 0.946. The van der Waals surface area contributed by atoms with Crippen molar-refractivity contribution in [2.75, 3.05) is 6.54 Å². The normalized spacial score (nSPS) is 18.4. The van der Waals surface area contributed by atoms with E-state index in [1.807, 2.05) is 0 Å². The molecule has 1 saturated carbocycles. The molecule has 1 fully saturated rings. The van der Waals surface area contributed by atoms with Crippen LogP contribution < -0.4 is 5.32 Å². The van der Waals surface area contributed by atoms with E-state index < -0.39 is 5.75 Å². The molecule has 1 aromatic carbocycles. The Morgan fingerprint density at radius 3 is 2.42 bits per heavy atom. The minimum atomic E-state index is -0.442. The first kappa shape index (κ1) is 14.0.